The van der Waals surface area contributed by atoms with Gasteiger partial charge < -0.3 is 14.8 Å². The first-order valence-corrected chi connectivity index (χ1v) is 7.18. The molecule has 0 saturated heterocycles. The summed E-state index contributed by atoms with van der Waals surface area (Å²) < 4.78 is 12.2. The summed E-state index contributed by atoms with van der Waals surface area (Å²) in [5.74, 6) is 1.43. The topological polar surface area (TPSA) is 65.4 Å². The number of carbonyl (C=O) groups excluding carboxylic acids is 1. The molecule has 0 aliphatic heterocycles. The van der Waals surface area contributed by atoms with Crippen molar-refractivity contribution in [1.82, 2.24) is 15.1 Å². The van der Waals surface area contributed by atoms with Crippen molar-refractivity contribution in [3.05, 3.63) is 42.2 Å². The maximum Gasteiger partial charge on any atom is 0.221 e. The highest BCUT2D eigenvalue weighted by atomic mass is 16.5. The number of hydrogen-bond acceptors (Lipinski definition) is 4. The molecule has 0 aliphatic rings. The quantitative estimate of drug-likeness (QED) is 0.805. The molecule has 0 saturated carbocycles. The molecule has 0 spiro atoms. The minimum Gasteiger partial charge on any atom is -0.493 e. The molecule has 22 heavy (non-hydrogen) atoms. The van der Waals surface area contributed by atoms with E-state index in [-0.39, 0.29) is 5.91 Å². The molecule has 2 rings (SSSR count). The molecule has 6 heteroatoms. The van der Waals surface area contributed by atoms with Crippen molar-refractivity contribution in [3.63, 3.8) is 0 Å². The SMILES string of the molecule is COc1ccc(CCNC(=O)CCn2cccn2)cc1OC. The lowest BCUT2D eigenvalue weighted by Crippen LogP contribution is -2.26. The van der Waals surface area contributed by atoms with E-state index in [1.807, 2.05) is 30.5 Å². The molecule has 0 atom stereocenters. The van der Waals surface area contributed by atoms with Gasteiger partial charge in [0, 0.05) is 31.9 Å². The van der Waals surface area contributed by atoms with Crippen LogP contribution in [-0.4, -0.2) is 36.5 Å². The van der Waals surface area contributed by atoms with Crippen molar-refractivity contribution in [3.8, 4) is 11.5 Å². The second-order valence-corrected chi connectivity index (χ2v) is 4.81. The highest BCUT2D eigenvalue weighted by molar-refractivity contribution is 5.75. The first kappa shape index (κ1) is 15.9. The molecule has 0 bridgehead atoms. The van der Waals surface area contributed by atoms with Crippen LogP contribution in [0.1, 0.15) is 12.0 Å². The Morgan fingerprint density at radius 2 is 2.09 bits per heavy atom. The third kappa shape index (κ3) is 4.51. The summed E-state index contributed by atoms with van der Waals surface area (Å²) >= 11 is 0. The molecule has 6 nitrogen and oxygen atoms in total. The lowest BCUT2D eigenvalue weighted by Gasteiger charge is -2.10. The molecular weight excluding hydrogens is 282 g/mol. The molecule has 0 radical (unpaired) electrons. The van der Waals surface area contributed by atoms with Crippen LogP contribution in [0.15, 0.2) is 36.7 Å². The van der Waals surface area contributed by atoms with Crippen molar-refractivity contribution < 1.29 is 14.3 Å². The van der Waals surface area contributed by atoms with Gasteiger partial charge in [-0.05, 0) is 30.2 Å². The number of rotatable bonds is 8. The molecule has 118 valence electrons. The van der Waals surface area contributed by atoms with Crippen LogP contribution < -0.4 is 14.8 Å². The number of carbonyl (C=O) groups is 1. The highest BCUT2D eigenvalue weighted by Gasteiger charge is 2.05. The Morgan fingerprint density at radius 3 is 2.77 bits per heavy atom. The maximum absolute atomic E-state index is 11.8. The highest BCUT2D eigenvalue weighted by Crippen LogP contribution is 2.27. The van der Waals surface area contributed by atoms with Crippen molar-refractivity contribution in [1.29, 1.82) is 0 Å². The van der Waals surface area contributed by atoms with Crippen molar-refractivity contribution in [2.75, 3.05) is 20.8 Å². The van der Waals surface area contributed by atoms with Crippen molar-refractivity contribution in [2.24, 2.45) is 0 Å². The molecule has 1 amide bonds. The van der Waals surface area contributed by atoms with Crippen LogP contribution in [0.4, 0.5) is 0 Å². The molecule has 1 N–H and O–H groups in total. The van der Waals surface area contributed by atoms with E-state index in [0.717, 1.165) is 12.0 Å². The Labute approximate surface area is 130 Å². The number of aryl methyl sites for hydroxylation is 1. The van der Waals surface area contributed by atoms with Crippen molar-refractivity contribution >= 4 is 5.91 Å². The second-order valence-electron chi connectivity index (χ2n) is 4.81. The van der Waals surface area contributed by atoms with Gasteiger partial charge in [-0.1, -0.05) is 6.07 Å². The number of hydrogen-bond donors (Lipinski definition) is 1. The van der Waals surface area contributed by atoms with Gasteiger partial charge in [-0.25, -0.2) is 0 Å². The molecule has 1 aromatic carbocycles. The number of aromatic nitrogens is 2. The van der Waals surface area contributed by atoms with Gasteiger partial charge in [0.25, 0.3) is 0 Å². The lowest BCUT2D eigenvalue weighted by atomic mass is 10.1. The maximum atomic E-state index is 11.8. The van der Waals surface area contributed by atoms with Crippen LogP contribution >= 0.6 is 0 Å². The van der Waals surface area contributed by atoms with Gasteiger partial charge in [0.15, 0.2) is 11.5 Å². The van der Waals surface area contributed by atoms with Gasteiger partial charge in [0.2, 0.25) is 5.91 Å². The molecule has 0 unspecified atom stereocenters. The Morgan fingerprint density at radius 1 is 1.27 bits per heavy atom. The van der Waals surface area contributed by atoms with E-state index >= 15 is 0 Å². The van der Waals surface area contributed by atoms with E-state index in [9.17, 15) is 4.79 Å². The summed E-state index contributed by atoms with van der Waals surface area (Å²) in [4.78, 5) is 11.8. The summed E-state index contributed by atoms with van der Waals surface area (Å²) in [5.41, 5.74) is 1.09. The van der Waals surface area contributed by atoms with Gasteiger partial charge in [-0.15, -0.1) is 0 Å². The minimum atomic E-state index is 0.0241. The first-order valence-electron chi connectivity index (χ1n) is 7.18. The molecule has 2 aromatic rings. The summed E-state index contributed by atoms with van der Waals surface area (Å²) in [5, 5.41) is 6.97. The molecule has 1 aromatic heterocycles. The Bertz CT molecular complexity index is 597. The van der Waals surface area contributed by atoms with Gasteiger partial charge in [-0.2, -0.15) is 5.10 Å². The Hall–Kier alpha value is -2.50. The zero-order valence-corrected chi connectivity index (χ0v) is 12.9. The summed E-state index contributed by atoms with van der Waals surface area (Å²) in [6.45, 7) is 1.18. The third-order valence-electron chi connectivity index (χ3n) is 3.31. The standard InChI is InChI=1S/C16H21N3O3/c1-21-14-5-4-13(12-15(14)22-2)6-9-17-16(20)7-11-19-10-3-8-18-19/h3-5,8,10,12H,6-7,9,11H2,1-2H3,(H,17,20). The normalized spacial score (nSPS) is 10.3. The Balaban J connectivity index is 1.74. The second kappa shape index (κ2) is 8.07. The predicted molar refractivity (Wildman–Crippen MR) is 83.1 cm³/mol. The summed E-state index contributed by atoms with van der Waals surface area (Å²) in [7, 11) is 3.22. The zero-order chi connectivity index (χ0) is 15.8. The van der Waals surface area contributed by atoms with Gasteiger partial charge in [0.1, 0.15) is 0 Å². The average Bonchev–Trinajstić information content (AvgIpc) is 3.06. The largest absolute Gasteiger partial charge is 0.493 e. The van der Waals surface area contributed by atoms with Gasteiger partial charge in [-0.3, -0.25) is 9.48 Å². The van der Waals surface area contributed by atoms with E-state index in [0.29, 0.717) is 31.0 Å². The fraction of sp³-hybridized carbons (Fsp3) is 0.375. The molecule has 0 fully saturated rings. The lowest BCUT2D eigenvalue weighted by molar-refractivity contribution is -0.121. The molecular formula is C16H21N3O3. The Kier molecular flexibility index (Phi) is 5.82. The number of nitrogens with zero attached hydrogens (tertiary/aromatic N) is 2. The fourth-order valence-corrected chi connectivity index (χ4v) is 2.12. The van der Waals surface area contributed by atoms with Crippen LogP contribution in [0.2, 0.25) is 0 Å². The molecule has 1 heterocycles. The van der Waals surface area contributed by atoms with Crippen LogP contribution in [0, 0.1) is 0 Å². The zero-order valence-electron chi connectivity index (χ0n) is 12.9. The van der Waals surface area contributed by atoms with E-state index in [1.165, 1.54) is 0 Å². The van der Waals surface area contributed by atoms with E-state index in [1.54, 1.807) is 25.1 Å². The number of ether oxygens (including phenoxy) is 2. The number of nitrogens with one attached hydrogen (secondary N) is 1. The smallest absolute Gasteiger partial charge is 0.221 e. The first-order chi connectivity index (χ1) is 10.7. The van der Waals surface area contributed by atoms with E-state index in [2.05, 4.69) is 10.4 Å². The predicted octanol–water partition coefficient (Wildman–Crippen LogP) is 1.65. The number of benzene rings is 1. The van der Waals surface area contributed by atoms with Gasteiger partial charge in [0.05, 0.1) is 14.2 Å². The number of methoxy groups -OCH3 is 2. The van der Waals surface area contributed by atoms with Crippen molar-refractivity contribution in [2.45, 2.75) is 19.4 Å². The van der Waals surface area contributed by atoms with Crippen LogP contribution in [0.25, 0.3) is 0 Å². The number of amides is 1. The van der Waals surface area contributed by atoms with Crippen LogP contribution in [-0.2, 0) is 17.8 Å². The van der Waals surface area contributed by atoms with Crippen LogP contribution in [0.5, 0.6) is 11.5 Å². The van der Waals surface area contributed by atoms with Crippen LogP contribution in [0.3, 0.4) is 0 Å². The monoisotopic (exact) mass is 303 g/mol. The average molecular weight is 303 g/mol. The van der Waals surface area contributed by atoms with Gasteiger partial charge >= 0.3 is 0 Å². The molecule has 0 aliphatic carbocycles. The van der Waals surface area contributed by atoms with E-state index in [4.69, 9.17) is 9.47 Å². The third-order valence-corrected chi connectivity index (χ3v) is 3.31. The summed E-state index contributed by atoms with van der Waals surface area (Å²) in [6.07, 6.45) is 4.72. The minimum absolute atomic E-state index is 0.0241. The van der Waals surface area contributed by atoms with E-state index < -0.39 is 0 Å². The summed E-state index contributed by atoms with van der Waals surface area (Å²) in [6, 6.07) is 7.61. The fourth-order valence-electron chi connectivity index (χ4n) is 2.12.